The smallest absolute Gasteiger partial charge is 0.259 e. The quantitative estimate of drug-likeness (QED) is 0.00910. The highest BCUT2D eigenvalue weighted by atomic mass is 16.5. The second kappa shape index (κ2) is 33.3. The third kappa shape index (κ3) is 16.7. The maximum Gasteiger partial charge on any atom is 0.259 e. The largest absolute Gasteiger partial charge is 0.505 e. The number of rotatable bonds is 29. The van der Waals surface area contributed by atoms with Gasteiger partial charge in [-0.1, -0.05) is 88.4 Å². The van der Waals surface area contributed by atoms with E-state index in [0.717, 1.165) is 52.1 Å². The Bertz CT molecular complexity index is 5070. The van der Waals surface area contributed by atoms with Gasteiger partial charge in [0.05, 0.1) is 31.0 Å². The number of ether oxygens (including phenoxy) is 2. The summed E-state index contributed by atoms with van der Waals surface area (Å²) in [6.07, 6.45) is 1.58. The summed E-state index contributed by atoms with van der Waals surface area (Å²) in [6, 6.07) is 47.9. The van der Waals surface area contributed by atoms with E-state index in [0.29, 0.717) is 68.6 Å². The molecule has 536 valence electrons. The van der Waals surface area contributed by atoms with Crippen LogP contribution >= 0.6 is 0 Å². The van der Waals surface area contributed by atoms with Gasteiger partial charge in [0.15, 0.2) is 23.1 Å². The van der Waals surface area contributed by atoms with Gasteiger partial charge in [-0.25, -0.2) is 0 Å². The van der Waals surface area contributed by atoms with Gasteiger partial charge in [-0.2, -0.15) is 0 Å². The minimum Gasteiger partial charge on any atom is -0.505 e. The zero-order chi connectivity index (χ0) is 74.4. The van der Waals surface area contributed by atoms with Gasteiger partial charge < -0.3 is 61.4 Å². The Kier molecular flexibility index (Phi) is 23.3. The molecular formula is C81H80N12O12. The molecule has 0 saturated heterocycles. The van der Waals surface area contributed by atoms with Crippen LogP contribution in [0.25, 0.3) is 21.5 Å². The molecule has 0 bridgehead atoms. The molecule has 24 heteroatoms. The molecule has 0 aliphatic heterocycles. The first-order valence-electron chi connectivity index (χ1n) is 34.4. The van der Waals surface area contributed by atoms with Crippen LogP contribution in [0.4, 0.5) is 45.5 Å². The van der Waals surface area contributed by atoms with Gasteiger partial charge in [-0.05, 0) is 184 Å². The molecular weight excluding hydrogens is 1330 g/mol. The molecule has 24 nitrogen and oxygen atoms in total. The summed E-state index contributed by atoms with van der Waals surface area (Å²) in [5.41, 5.74) is 5.59. The minimum absolute atomic E-state index is 0.0114. The number of nitrogens with zero attached hydrogens (tertiary/aromatic N) is 5. The van der Waals surface area contributed by atoms with Gasteiger partial charge in [0.25, 0.3) is 35.4 Å². The molecule has 0 unspecified atom stereocenters. The number of ketones is 2. The van der Waals surface area contributed by atoms with Crippen molar-refractivity contribution >= 4 is 114 Å². The lowest BCUT2D eigenvalue weighted by Crippen LogP contribution is -2.30. The number of methoxy groups -OCH3 is 2. The molecule has 0 heterocycles. The Morgan fingerprint density at radius 3 is 1.39 bits per heavy atom. The maximum atomic E-state index is 14.4. The summed E-state index contributed by atoms with van der Waals surface area (Å²) >= 11 is 0. The lowest BCUT2D eigenvalue weighted by molar-refractivity contribution is 0.0943. The van der Waals surface area contributed by atoms with Crippen LogP contribution in [-0.2, 0) is 0 Å². The van der Waals surface area contributed by atoms with E-state index in [1.165, 1.54) is 86.0 Å². The van der Waals surface area contributed by atoms with E-state index in [1.54, 1.807) is 122 Å². The van der Waals surface area contributed by atoms with E-state index >= 15 is 0 Å². The SMILES string of the molecule is CCN(CC)CCCNC(=O)c1cccc(NC(=O)c2ccc(OC)c(N=Nc3c(O)c(C(=O)Nc4ccc5c(c4)C(=O)c4ccc(NC(=O)c6cc7ccccc7c(NN(C)c7cc(C(=O)Nc8cccc(C(=O)NCCCN(CC)CC)c8)ccc7OC)c6O)cc4C5=O)cc4ccccc34)c2)c1. The number of azo groups is 1. The molecule has 0 radical (unpaired) electrons. The molecule has 105 heavy (non-hydrogen) atoms. The van der Waals surface area contributed by atoms with Gasteiger partial charge in [-0.3, -0.25) is 48.8 Å². The standard InChI is InChI=1S/C81H80N12O12/c1-8-92(9-2)38-18-36-82-76(98)50-22-16-24-54(40-50)84-78(100)52-28-34-68(104-6)66(44-52)88-89-70-58-26-14-12-20-48(58)42-64(74(70)96)80(102)86-56-30-32-60-62(46-56)72(94)61-33-31-57(47-63(61)73(60)95)87-81(103)65-43-49-21-13-15-27-59(49)71(75(65)97)90-91(5)67-45-53(29-35-69(67)105-7)79(101)85-55-25-17-23-51(41-55)77(99)83-37-19-39-93(10-3)11-4/h12-17,20-35,40-47,90,96-97H,8-11,18-19,36-39H2,1-7H3,(H,82,98)(H,83,99)(H,84,100)(H,85,101)(H,86,102)(H,87,103). The summed E-state index contributed by atoms with van der Waals surface area (Å²) in [4.78, 5) is 116. The Morgan fingerprint density at radius 2 is 0.876 bits per heavy atom. The van der Waals surface area contributed by atoms with E-state index in [4.69, 9.17) is 9.47 Å². The first-order chi connectivity index (χ1) is 50.8. The summed E-state index contributed by atoms with van der Waals surface area (Å²) in [6.45, 7) is 14.8. The summed E-state index contributed by atoms with van der Waals surface area (Å²) in [5.74, 6) is -4.55. The number of phenols is 2. The number of hydrazine groups is 1. The van der Waals surface area contributed by atoms with Gasteiger partial charge in [0.2, 0.25) is 0 Å². The first kappa shape index (κ1) is 73.4. The molecule has 0 fully saturated rings. The summed E-state index contributed by atoms with van der Waals surface area (Å²) in [5, 5.41) is 53.5. The van der Waals surface area contributed by atoms with Gasteiger partial charge in [-0.15, -0.1) is 10.2 Å². The minimum atomic E-state index is -0.794. The van der Waals surface area contributed by atoms with Gasteiger partial charge in [0, 0.05) is 98.2 Å². The van der Waals surface area contributed by atoms with Crippen LogP contribution in [0.2, 0.25) is 0 Å². The molecule has 1 aliphatic rings. The number of amides is 6. The second-order valence-corrected chi connectivity index (χ2v) is 24.8. The van der Waals surface area contributed by atoms with E-state index in [2.05, 4.69) is 85.0 Å². The van der Waals surface area contributed by atoms with Crippen LogP contribution in [0.15, 0.2) is 192 Å². The molecule has 9 N–H and O–H groups in total. The predicted octanol–water partition coefficient (Wildman–Crippen LogP) is 14.0. The normalized spacial score (nSPS) is 11.7. The highest BCUT2D eigenvalue weighted by molar-refractivity contribution is 6.29. The van der Waals surface area contributed by atoms with Crippen LogP contribution in [0.1, 0.15) is 135 Å². The predicted molar refractivity (Wildman–Crippen MR) is 407 cm³/mol. The van der Waals surface area contributed by atoms with Crippen molar-refractivity contribution in [2.45, 2.75) is 40.5 Å². The van der Waals surface area contributed by atoms with Gasteiger partial charge >= 0.3 is 0 Å². The van der Waals surface area contributed by atoms with Crippen molar-refractivity contribution < 1.29 is 58.0 Å². The van der Waals surface area contributed by atoms with E-state index in [9.17, 15) is 48.6 Å². The molecule has 11 rings (SSSR count). The van der Waals surface area contributed by atoms with Crippen molar-refractivity contribution in [3.8, 4) is 23.0 Å². The number of nitrogens with one attached hydrogen (secondary N) is 7. The highest BCUT2D eigenvalue weighted by Gasteiger charge is 2.32. The highest BCUT2D eigenvalue weighted by Crippen LogP contribution is 2.43. The molecule has 10 aromatic carbocycles. The van der Waals surface area contributed by atoms with E-state index in [1.807, 2.05) is 0 Å². The molecule has 6 amide bonds. The fourth-order valence-electron chi connectivity index (χ4n) is 12.4. The van der Waals surface area contributed by atoms with Crippen LogP contribution < -0.4 is 51.8 Å². The molecule has 1 aliphatic carbocycles. The number of phenolic OH excluding ortho intramolecular Hbond substituents is 2. The molecule has 0 atom stereocenters. The number of carbonyl (C=O) groups excluding carboxylic acids is 8. The van der Waals surface area contributed by atoms with E-state index < -0.39 is 46.7 Å². The van der Waals surface area contributed by atoms with Crippen LogP contribution in [0, 0.1) is 0 Å². The molecule has 0 aromatic heterocycles. The Hall–Kier alpha value is -12.8. The molecule has 10 aromatic rings. The molecule has 0 saturated carbocycles. The fraction of sp³-hybridized carbons (Fsp3) is 0.210. The zero-order valence-electron chi connectivity index (χ0n) is 59.1. The number of fused-ring (bicyclic) bond motifs is 4. The topological polar surface area (TPSA) is 314 Å². The summed E-state index contributed by atoms with van der Waals surface area (Å²) in [7, 11) is 4.53. The second-order valence-electron chi connectivity index (χ2n) is 24.8. The number of carbonyl (C=O) groups is 8. The number of aromatic hydroxyl groups is 2. The lowest BCUT2D eigenvalue weighted by atomic mass is 9.83. The van der Waals surface area contributed by atoms with Crippen molar-refractivity contribution in [1.82, 2.24) is 20.4 Å². The number of hydrogen-bond donors (Lipinski definition) is 9. The average molecular weight is 1410 g/mol. The number of hydrogen-bond acceptors (Lipinski definition) is 18. The van der Waals surface area contributed by atoms with Crippen molar-refractivity contribution in [1.29, 1.82) is 0 Å². The van der Waals surface area contributed by atoms with Gasteiger partial charge in [0.1, 0.15) is 28.6 Å². The van der Waals surface area contributed by atoms with Crippen molar-refractivity contribution in [3.63, 3.8) is 0 Å². The number of anilines is 6. The van der Waals surface area contributed by atoms with Crippen molar-refractivity contribution in [2.75, 3.05) is 105 Å². The average Bonchev–Trinajstić information content (AvgIpc) is 0.749. The maximum absolute atomic E-state index is 14.4. The Labute approximate surface area is 606 Å². The summed E-state index contributed by atoms with van der Waals surface area (Å²) < 4.78 is 11.3. The molecule has 0 spiro atoms. The number of benzene rings is 10. The fourth-order valence-corrected chi connectivity index (χ4v) is 12.4. The Balaban J connectivity index is 0.761. The van der Waals surface area contributed by atoms with Crippen LogP contribution in [0.5, 0.6) is 23.0 Å². The third-order valence-corrected chi connectivity index (χ3v) is 18.2. The monoisotopic (exact) mass is 1410 g/mol. The van der Waals surface area contributed by atoms with Crippen LogP contribution in [-0.4, -0.2) is 141 Å². The lowest BCUT2D eigenvalue weighted by Gasteiger charge is -2.26. The first-order valence-corrected chi connectivity index (χ1v) is 34.4. The van der Waals surface area contributed by atoms with E-state index in [-0.39, 0.29) is 90.5 Å². The van der Waals surface area contributed by atoms with Crippen LogP contribution in [0.3, 0.4) is 0 Å². The Morgan fingerprint density at radius 1 is 0.429 bits per heavy atom. The zero-order valence-corrected chi connectivity index (χ0v) is 59.1. The third-order valence-electron chi connectivity index (χ3n) is 18.2. The van der Waals surface area contributed by atoms with Crippen molar-refractivity contribution in [3.05, 3.63) is 238 Å². The van der Waals surface area contributed by atoms with Crippen molar-refractivity contribution in [2.24, 2.45) is 10.2 Å².